The molecule has 0 N–H and O–H groups in total. The fourth-order valence-electron chi connectivity index (χ4n) is 1.65. The second-order valence-electron chi connectivity index (χ2n) is 3.74. The zero-order chi connectivity index (χ0) is 11.8. The molecule has 3 rings (SSSR count). The average molecular weight is 243 g/mol. The van der Waals surface area contributed by atoms with Gasteiger partial charge in [-0.3, -0.25) is 4.79 Å². The molecule has 0 saturated heterocycles. The van der Waals surface area contributed by atoms with Crippen LogP contribution in [0.5, 0.6) is 0 Å². The molecule has 3 aromatic rings. The first-order valence-electron chi connectivity index (χ1n) is 5.19. The highest BCUT2D eigenvalue weighted by molar-refractivity contribution is 7.13. The molecule has 0 radical (unpaired) electrons. The molecule has 0 bridgehead atoms. The van der Waals surface area contributed by atoms with Crippen LogP contribution in [0.25, 0.3) is 21.9 Å². The van der Waals surface area contributed by atoms with Crippen LogP contribution in [-0.4, -0.2) is 10.8 Å². The Morgan fingerprint density at radius 2 is 2.24 bits per heavy atom. The number of fused-ring (bicyclic) bond motifs is 1. The lowest BCUT2D eigenvalue weighted by atomic mass is 10.1. The Bertz CT molecular complexity index is 683. The molecule has 0 amide bonds. The van der Waals surface area contributed by atoms with E-state index in [1.54, 1.807) is 36.5 Å². The van der Waals surface area contributed by atoms with Gasteiger partial charge in [0.25, 0.3) is 0 Å². The number of hydrogen-bond donors (Lipinski definition) is 0. The van der Waals surface area contributed by atoms with Gasteiger partial charge in [-0.05, 0) is 36.6 Å². The van der Waals surface area contributed by atoms with Gasteiger partial charge in [0, 0.05) is 5.56 Å². The third kappa shape index (κ3) is 1.76. The van der Waals surface area contributed by atoms with Gasteiger partial charge in [-0.15, -0.1) is 11.3 Å². The van der Waals surface area contributed by atoms with Gasteiger partial charge in [-0.1, -0.05) is 6.07 Å². The summed E-state index contributed by atoms with van der Waals surface area (Å²) in [6.45, 7) is 1.54. The fraction of sp³-hybridized carbons (Fsp3) is 0.0769. The second-order valence-corrected chi connectivity index (χ2v) is 4.68. The number of ketones is 1. The van der Waals surface area contributed by atoms with Crippen LogP contribution in [0.2, 0.25) is 0 Å². The molecule has 0 aliphatic carbocycles. The lowest BCUT2D eigenvalue weighted by Crippen LogP contribution is -1.90. The number of thiophene rings is 1. The lowest BCUT2D eigenvalue weighted by molar-refractivity contribution is 0.101. The van der Waals surface area contributed by atoms with Crippen molar-refractivity contribution in [1.29, 1.82) is 0 Å². The first-order chi connectivity index (χ1) is 8.24. The van der Waals surface area contributed by atoms with Crippen molar-refractivity contribution in [2.45, 2.75) is 6.92 Å². The van der Waals surface area contributed by atoms with E-state index >= 15 is 0 Å². The van der Waals surface area contributed by atoms with E-state index in [0.29, 0.717) is 17.0 Å². The smallest absolute Gasteiger partial charge is 0.237 e. The monoisotopic (exact) mass is 243 g/mol. The molecule has 4 heteroatoms. The molecule has 0 aliphatic heterocycles. The molecule has 3 nitrogen and oxygen atoms in total. The Kier molecular flexibility index (Phi) is 2.30. The molecule has 17 heavy (non-hydrogen) atoms. The maximum atomic E-state index is 11.3. The minimum absolute atomic E-state index is 0.0348. The van der Waals surface area contributed by atoms with E-state index in [-0.39, 0.29) is 5.78 Å². The zero-order valence-corrected chi connectivity index (χ0v) is 9.95. The number of oxazole rings is 1. The summed E-state index contributed by atoms with van der Waals surface area (Å²) in [5.41, 5.74) is 2.09. The van der Waals surface area contributed by atoms with E-state index in [9.17, 15) is 4.79 Å². The van der Waals surface area contributed by atoms with Crippen LogP contribution in [0.3, 0.4) is 0 Å². The van der Waals surface area contributed by atoms with E-state index in [2.05, 4.69) is 4.98 Å². The van der Waals surface area contributed by atoms with Crippen molar-refractivity contribution in [3.8, 4) is 10.8 Å². The van der Waals surface area contributed by atoms with Crippen LogP contribution >= 0.6 is 11.3 Å². The van der Waals surface area contributed by atoms with Gasteiger partial charge in [0.2, 0.25) is 5.89 Å². The van der Waals surface area contributed by atoms with E-state index in [4.69, 9.17) is 4.42 Å². The first kappa shape index (κ1) is 10.2. The molecule has 1 aromatic carbocycles. The molecule has 0 aliphatic rings. The summed E-state index contributed by atoms with van der Waals surface area (Å²) in [4.78, 5) is 16.6. The third-order valence-corrected chi connectivity index (χ3v) is 3.38. The number of nitrogens with zero attached hydrogens (tertiary/aromatic N) is 1. The Balaban J connectivity index is 2.16. The Morgan fingerprint density at radius 3 is 2.94 bits per heavy atom. The molecule has 0 fully saturated rings. The fourth-order valence-corrected chi connectivity index (χ4v) is 2.30. The van der Waals surface area contributed by atoms with Crippen molar-refractivity contribution in [3.05, 3.63) is 41.3 Å². The molecular formula is C13H9NO2S. The summed E-state index contributed by atoms with van der Waals surface area (Å²) < 4.78 is 5.64. The number of carbonyl (C=O) groups excluding carboxylic acids is 1. The molecule has 2 heterocycles. The minimum atomic E-state index is 0.0348. The molecule has 0 saturated carbocycles. The van der Waals surface area contributed by atoms with Crippen molar-refractivity contribution < 1.29 is 9.21 Å². The van der Waals surface area contributed by atoms with Crippen LogP contribution in [0.15, 0.2) is 40.1 Å². The maximum Gasteiger partial charge on any atom is 0.237 e. The van der Waals surface area contributed by atoms with E-state index in [1.807, 2.05) is 17.5 Å². The molecule has 2 aromatic heterocycles. The molecule has 0 spiro atoms. The third-order valence-electron chi connectivity index (χ3n) is 2.53. The summed E-state index contributed by atoms with van der Waals surface area (Å²) in [6.07, 6.45) is 0. The highest BCUT2D eigenvalue weighted by Gasteiger charge is 2.10. The SMILES string of the molecule is CC(=O)c1ccc2oc(-c3cccs3)nc2c1. The summed E-state index contributed by atoms with van der Waals surface area (Å²) in [5.74, 6) is 0.642. The van der Waals surface area contributed by atoms with Gasteiger partial charge in [-0.25, -0.2) is 4.98 Å². The van der Waals surface area contributed by atoms with Crippen molar-refractivity contribution >= 4 is 28.2 Å². The van der Waals surface area contributed by atoms with E-state index in [0.717, 1.165) is 10.4 Å². The van der Waals surface area contributed by atoms with Gasteiger partial charge in [0.1, 0.15) is 5.52 Å². The standard InChI is InChI=1S/C13H9NO2S/c1-8(15)9-4-5-11-10(7-9)14-13(16-11)12-3-2-6-17-12/h2-7H,1H3. The van der Waals surface area contributed by atoms with Gasteiger partial charge >= 0.3 is 0 Å². The number of hydrogen-bond acceptors (Lipinski definition) is 4. The van der Waals surface area contributed by atoms with Crippen LogP contribution in [0.4, 0.5) is 0 Å². The summed E-state index contributed by atoms with van der Waals surface area (Å²) in [5, 5.41) is 1.98. The molecule has 0 unspecified atom stereocenters. The van der Waals surface area contributed by atoms with Crippen LogP contribution in [-0.2, 0) is 0 Å². The van der Waals surface area contributed by atoms with Crippen molar-refractivity contribution in [2.75, 3.05) is 0 Å². The predicted octanol–water partition coefficient (Wildman–Crippen LogP) is 3.76. The van der Waals surface area contributed by atoms with Crippen LogP contribution in [0, 0.1) is 0 Å². The highest BCUT2D eigenvalue weighted by atomic mass is 32.1. The number of rotatable bonds is 2. The van der Waals surface area contributed by atoms with Gasteiger partial charge in [-0.2, -0.15) is 0 Å². The predicted molar refractivity (Wildman–Crippen MR) is 67.3 cm³/mol. The zero-order valence-electron chi connectivity index (χ0n) is 9.14. The molecule has 84 valence electrons. The minimum Gasteiger partial charge on any atom is -0.435 e. The number of Topliss-reactive ketones (excluding diaryl/α,β-unsaturated/α-hetero) is 1. The summed E-state index contributed by atoms with van der Waals surface area (Å²) in [6, 6.07) is 9.22. The first-order valence-corrected chi connectivity index (χ1v) is 6.07. The lowest BCUT2D eigenvalue weighted by Gasteiger charge is -1.92. The number of aromatic nitrogens is 1. The van der Waals surface area contributed by atoms with Crippen molar-refractivity contribution in [2.24, 2.45) is 0 Å². The Labute approximate surface area is 102 Å². The Hall–Kier alpha value is -1.94. The second kappa shape index (κ2) is 3.82. The Morgan fingerprint density at radius 1 is 1.35 bits per heavy atom. The summed E-state index contributed by atoms with van der Waals surface area (Å²) >= 11 is 1.58. The van der Waals surface area contributed by atoms with Gasteiger partial charge in [0.05, 0.1) is 4.88 Å². The summed E-state index contributed by atoms with van der Waals surface area (Å²) in [7, 11) is 0. The highest BCUT2D eigenvalue weighted by Crippen LogP contribution is 2.28. The normalized spacial score (nSPS) is 10.9. The maximum absolute atomic E-state index is 11.3. The quantitative estimate of drug-likeness (QED) is 0.643. The van der Waals surface area contributed by atoms with Gasteiger partial charge < -0.3 is 4.42 Å². The van der Waals surface area contributed by atoms with Crippen molar-refractivity contribution in [3.63, 3.8) is 0 Å². The largest absolute Gasteiger partial charge is 0.435 e. The number of carbonyl (C=O) groups is 1. The van der Waals surface area contributed by atoms with E-state index in [1.165, 1.54) is 0 Å². The molecular weight excluding hydrogens is 234 g/mol. The van der Waals surface area contributed by atoms with Crippen molar-refractivity contribution in [1.82, 2.24) is 4.98 Å². The average Bonchev–Trinajstić information content (AvgIpc) is 2.96. The van der Waals surface area contributed by atoms with Gasteiger partial charge in [0.15, 0.2) is 11.4 Å². The molecule has 0 atom stereocenters. The van der Waals surface area contributed by atoms with E-state index < -0.39 is 0 Å². The number of benzene rings is 1. The van der Waals surface area contributed by atoms with Crippen LogP contribution < -0.4 is 0 Å². The topological polar surface area (TPSA) is 43.1 Å². The van der Waals surface area contributed by atoms with Crippen LogP contribution in [0.1, 0.15) is 17.3 Å².